The summed E-state index contributed by atoms with van der Waals surface area (Å²) in [6.45, 7) is 0.523. The van der Waals surface area contributed by atoms with E-state index in [9.17, 15) is 9.59 Å². The van der Waals surface area contributed by atoms with Crippen molar-refractivity contribution in [3.63, 3.8) is 0 Å². The van der Waals surface area contributed by atoms with Gasteiger partial charge in [0.25, 0.3) is 5.91 Å². The molecule has 0 aliphatic carbocycles. The molecule has 0 radical (unpaired) electrons. The van der Waals surface area contributed by atoms with E-state index in [0.717, 1.165) is 19.3 Å². The molecule has 0 aliphatic rings. The molecule has 1 aromatic rings. The molecule has 7 N–H and O–H groups in total. The summed E-state index contributed by atoms with van der Waals surface area (Å²) in [4.78, 5) is 22.4. The lowest BCUT2D eigenvalue weighted by Crippen LogP contribution is -2.29. The first-order valence-corrected chi connectivity index (χ1v) is 7.13. The zero-order valence-corrected chi connectivity index (χ0v) is 12.3. The molecule has 0 spiro atoms. The fourth-order valence-corrected chi connectivity index (χ4v) is 1.89. The van der Waals surface area contributed by atoms with Crippen molar-refractivity contribution < 1.29 is 14.7 Å². The Morgan fingerprint density at radius 2 is 1.73 bits per heavy atom. The van der Waals surface area contributed by atoms with E-state index in [0.29, 0.717) is 24.1 Å². The number of nitrogens with two attached hydrogens (primary N) is 2. The van der Waals surface area contributed by atoms with Crippen molar-refractivity contribution in [1.29, 1.82) is 5.41 Å². The number of carboxylic acids is 1. The van der Waals surface area contributed by atoms with Crippen LogP contribution in [0.1, 0.15) is 41.6 Å². The highest BCUT2D eigenvalue weighted by Crippen LogP contribution is 2.05. The highest BCUT2D eigenvalue weighted by atomic mass is 16.4. The fourth-order valence-electron chi connectivity index (χ4n) is 1.89. The number of benzene rings is 1. The maximum absolute atomic E-state index is 11.9. The average Bonchev–Trinajstić information content (AvgIpc) is 2.50. The van der Waals surface area contributed by atoms with Crippen molar-refractivity contribution >= 4 is 17.7 Å². The number of carbonyl (C=O) groups is 2. The molecule has 1 unspecified atom stereocenters. The van der Waals surface area contributed by atoms with Gasteiger partial charge in [-0.05, 0) is 25.0 Å². The van der Waals surface area contributed by atoms with E-state index in [2.05, 4.69) is 5.32 Å². The molecule has 0 heterocycles. The fraction of sp³-hybridized carbons (Fsp3) is 0.400. The van der Waals surface area contributed by atoms with Gasteiger partial charge in [-0.2, -0.15) is 0 Å². The number of rotatable bonds is 9. The quantitative estimate of drug-likeness (QED) is 0.259. The van der Waals surface area contributed by atoms with E-state index >= 15 is 0 Å². The van der Waals surface area contributed by atoms with Gasteiger partial charge in [0.2, 0.25) is 0 Å². The van der Waals surface area contributed by atoms with Crippen molar-refractivity contribution in [3.05, 3.63) is 35.4 Å². The Labute approximate surface area is 129 Å². The second kappa shape index (κ2) is 8.78. The van der Waals surface area contributed by atoms with Crippen LogP contribution in [0.4, 0.5) is 0 Å². The third-order valence-electron chi connectivity index (χ3n) is 3.25. The third-order valence-corrected chi connectivity index (χ3v) is 3.25. The monoisotopic (exact) mass is 306 g/mol. The molecule has 1 atom stereocenters. The topological polar surface area (TPSA) is 142 Å². The molecule has 0 aromatic heterocycles. The molecule has 1 aromatic carbocycles. The van der Waals surface area contributed by atoms with Crippen LogP contribution in [0, 0.1) is 5.41 Å². The smallest absolute Gasteiger partial charge is 0.320 e. The average molecular weight is 306 g/mol. The molecular formula is C15H22N4O3. The lowest BCUT2D eigenvalue weighted by atomic mass is 10.1. The van der Waals surface area contributed by atoms with Gasteiger partial charge in [-0.1, -0.05) is 25.0 Å². The maximum Gasteiger partial charge on any atom is 0.320 e. The first-order chi connectivity index (χ1) is 10.4. The van der Waals surface area contributed by atoms with Gasteiger partial charge in [0.1, 0.15) is 11.9 Å². The van der Waals surface area contributed by atoms with Crippen LogP contribution in [0.15, 0.2) is 24.3 Å². The van der Waals surface area contributed by atoms with Crippen LogP contribution < -0.4 is 16.8 Å². The first-order valence-electron chi connectivity index (χ1n) is 7.13. The predicted octanol–water partition coefficient (Wildman–Crippen LogP) is 0.673. The highest BCUT2D eigenvalue weighted by molar-refractivity contribution is 5.98. The largest absolute Gasteiger partial charge is 0.480 e. The molecule has 0 saturated heterocycles. The lowest BCUT2D eigenvalue weighted by Gasteiger charge is -2.07. The number of carbonyl (C=O) groups excluding carboxylic acids is 1. The lowest BCUT2D eigenvalue weighted by molar-refractivity contribution is -0.138. The van der Waals surface area contributed by atoms with Crippen LogP contribution in [0.2, 0.25) is 0 Å². The van der Waals surface area contributed by atoms with E-state index < -0.39 is 12.0 Å². The summed E-state index contributed by atoms with van der Waals surface area (Å²) in [7, 11) is 0. The Kier molecular flexibility index (Phi) is 7.04. The first kappa shape index (κ1) is 17.6. The second-order valence-electron chi connectivity index (χ2n) is 5.04. The zero-order valence-electron chi connectivity index (χ0n) is 12.3. The molecule has 22 heavy (non-hydrogen) atoms. The van der Waals surface area contributed by atoms with Crippen molar-refractivity contribution in [2.45, 2.75) is 31.7 Å². The van der Waals surface area contributed by atoms with Gasteiger partial charge < -0.3 is 21.9 Å². The van der Waals surface area contributed by atoms with Crippen molar-refractivity contribution in [1.82, 2.24) is 5.32 Å². The van der Waals surface area contributed by atoms with Crippen LogP contribution in [0.5, 0.6) is 0 Å². The summed E-state index contributed by atoms with van der Waals surface area (Å²) in [5.41, 5.74) is 11.8. The number of amidine groups is 1. The number of hydrogen-bond donors (Lipinski definition) is 5. The van der Waals surface area contributed by atoms with Gasteiger partial charge >= 0.3 is 5.97 Å². The van der Waals surface area contributed by atoms with Gasteiger partial charge in [0.05, 0.1) is 0 Å². The molecule has 7 heteroatoms. The second-order valence-corrected chi connectivity index (χ2v) is 5.04. The Hall–Kier alpha value is -2.41. The van der Waals surface area contributed by atoms with Gasteiger partial charge in [-0.25, -0.2) is 0 Å². The van der Waals surface area contributed by atoms with Crippen LogP contribution >= 0.6 is 0 Å². The molecule has 0 saturated carbocycles. The molecule has 0 bridgehead atoms. The number of nitrogen functional groups attached to an aromatic ring is 1. The van der Waals surface area contributed by atoms with Crippen LogP contribution in [0.25, 0.3) is 0 Å². The number of hydrogen-bond acceptors (Lipinski definition) is 4. The van der Waals surface area contributed by atoms with Gasteiger partial charge in [0, 0.05) is 17.7 Å². The van der Waals surface area contributed by atoms with Crippen LogP contribution in [0.3, 0.4) is 0 Å². The van der Waals surface area contributed by atoms with Gasteiger partial charge in [0.15, 0.2) is 0 Å². The maximum atomic E-state index is 11.9. The molecule has 1 rings (SSSR count). The van der Waals surface area contributed by atoms with Gasteiger partial charge in [-0.3, -0.25) is 15.0 Å². The molecule has 0 fully saturated rings. The highest BCUT2D eigenvalue weighted by Gasteiger charge is 2.10. The van der Waals surface area contributed by atoms with E-state index in [1.807, 2.05) is 0 Å². The number of nitrogens with one attached hydrogen (secondary N) is 2. The summed E-state index contributed by atoms with van der Waals surface area (Å²) in [6.07, 6.45) is 2.74. The normalized spacial score (nSPS) is 11.7. The van der Waals surface area contributed by atoms with Gasteiger partial charge in [-0.15, -0.1) is 0 Å². The Morgan fingerprint density at radius 1 is 1.14 bits per heavy atom. The Balaban J connectivity index is 2.23. The SMILES string of the molecule is N=C(N)c1ccc(C(=O)NCCCCCC(N)C(=O)O)cc1. The van der Waals surface area contributed by atoms with E-state index in [-0.39, 0.29) is 11.7 Å². The number of carboxylic acid groups (broad SMARTS) is 1. The molecule has 1 amide bonds. The summed E-state index contributed by atoms with van der Waals surface area (Å²) in [5, 5.41) is 18.7. The molecular weight excluding hydrogens is 284 g/mol. The molecule has 7 nitrogen and oxygen atoms in total. The summed E-state index contributed by atoms with van der Waals surface area (Å²) < 4.78 is 0. The number of unbranched alkanes of at least 4 members (excludes halogenated alkanes) is 2. The zero-order chi connectivity index (χ0) is 16.5. The minimum absolute atomic E-state index is 0.0356. The number of aliphatic carboxylic acids is 1. The van der Waals surface area contributed by atoms with E-state index in [1.165, 1.54) is 0 Å². The summed E-state index contributed by atoms with van der Waals surface area (Å²) in [5.74, 6) is -1.20. The Morgan fingerprint density at radius 3 is 2.27 bits per heavy atom. The predicted molar refractivity (Wildman–Crippen MR) is 83.9 cm³/mol. The van der Waals surface area contributed by atoms with E-state index in [4.69, 9.17) is 22.0 Å². The minimum atomic E-state index is -0.984. The Bertz CT molecular complexity index is 528. The van der Waals surface area contributed by atoms with E-state index in [1.54, 1.807) is 24.3 Å². The minimum Gasteiger partial charge on any atom is -0.480 e. The summed E-state index contributed by atoms with van der Waals surface area (Å²) in [6, 6.07) is 5.69. The van der Waals surface area contributed by atoms with Crippen LogP contribution in [-0.4, -0.2) is 35.4 Å². The molecule has 120 valence electrons. The van der Waals surface area contributed by atoms with Crippen molar-refractivity contribution in [2.75, 3.05) is 6.54 Å². The summed E-state index contributed by atoms with van der Waals surface area (Å²) >= 11 is 0. The van der Waals surface area contributed by atoms with Crippen LogP contribution in [-0.2, 0) is 4.79 Å². The number of amides is 1. The third kappa shape index (κ3) is 5.92. The van der Waals surface area contributed by atoms with Crippen molar-refractivity contribution in [2.24, 2.45) is 11.5 Å². The molecule has 0 aliphatic heterocycles. The standard InChI is InChI=1S/C15H22N4O3/c16-12(15(21)22)4-2-1-3-9-19-14(20)11-7-5-10(6-8-11)13(17)18/h5-8,12H,1-4,9,16H2,(H3,17,18)(H,19,20)(H,21,22). The van der Waals surface area contributed by atoms with Crippen molar-refractivity contribution in [3.8, 4) is 0 Å².